The summed E-state index contributed by atoms with van der Waals surface area (Å²) in [5, 5.41) is 4.63. The molecule has 0 spiro atoms. The van der Waals surface area contributed by atoms with Gasteiger partial charge in [-0.05, 0) is 0 Å². The molecule has 6 heteroatoms. The Balaban J connectivity index is 2.08. The van der Waals surface area contributed by atoms with E-state index in [1.807, 2.05) is 23.1 Å². The van der Waals surface area contributed by atoms with Gasteiger partial charge in [0.25, 0.3) is 0 Å². The van der Waals surface area contributed by atoms with Crippen LogP contribution in [0.25, 0.3) is 0 Å². The van der Waals surface area contributed by atoms with Crippen LogP contribution in [-0.2, 0) is 17.9 Å². The lowest BCUT2D eigenvalue weighted by Crippen LogP contribution is -2.32. The molecular formula is C13H23N3OS2. The normalized spacial score (nSPS) is 16.3. The maximum atomic E-state index is 5.27. The molecule has 1 aromatic heterocycles. The number of nitrogens with one attached hydrogen (secondary N) is 1. The van der Waals surface area contributed by atoms with Gasteiger partial charge >= 0.3 is 0 Å². The van der Waals surface area contributed by atoms with Gasteiger partial charge in [0.2, 0.25) is 0 Å². The van der Waals surface area contributed by atoms with Gasteiger partial charge in [-0.15, -0.1) is 11.3 Å². The third-order valence-electron chi connectivity index (χ3n) is 3.00. The Morgan fingerprint density at radius 2 is 2.11 bits per heavy atom. The van der Waals surface area contributed by atoms with E-state index in [9.17, 15) is 0 Å². The summed E-state index contributed by atoms with van der Waals surface area (Å²) in [6, 6.07) is 0.493. The molecular weight excluding hydrogens is 278 g/mol. The molecule has 1 N–H and O–H groups in total. The number of rotatable bonds is 6. The molecule has 108 valence electrons. The van der Waals surface area contributed by atoms with Crippen molar-refractivity contribution in [3.63, 3.8) is 0 Å². The zero-order chi connectivity index (χ0) is 13.7. The maximum Gasteiger partial charge on any atom is 0.185 e. The van der Waals surface area contributed by atoms with Crippen molar-refractivity contribution in [1.82, 2.24) is 10.3 Å². The predicted octanol–water partition coefficient (Wildman–Crippen LogP) is 2.34. The largest absolute Gasteiger partial charge is 0.378 e. The van der Waals surface area contributed by atoms with Gasteiger partial charge < -0.3 is 15.0 Å². The van der Waals surface area contributed by atoms with Gasteiger partial charge in [-0.1, -0.05) is 13.8 Å². The Labute approximate surface area is 123 Å². The lowest BCUT2D eigenvalue weighted by molar-refractivity contribution is 0.181. The zero-order valence-corrected chi connectivity index (χ0v) is 13.6. The Morgan fingerprint density at radius 3 is 2.74 bits per heavy atom. The quantitative estimate of drug-likeness (QED) is 0.873. The molecule has 0 atom stereocenters. The van der Waals surface area contributed by atoms with Gasteiger partial charge in [-0.25, -0.2) is 4.98 Å². The first-order valence-electron chi connectivity index (χ1n) is 6.74. The first-order chi connectivity index (χ1) is 9.20. The van der Waals surface area contributed by atoms with E-state index in [0.29, 0.717) is 12.6 Å². The lowest BCUT2D eigenvalue weighted by Gasteiger charge is -2.25. The molecule has 1 saturated heterocycles. The number of aromatic nitrogens is 1. The van der Waals surface area contributed by atoms with Gasteiger partial charge in [-0.3, -0.25) is 0 Å². The summed E-state index contributed by atoms with van der Waals surface area (Å²) in [6.45, 7) is 8.05. The summed E-state index contributed by atoms with van der Waals surface area (Å²) in [5.74, 6) is 2.41. The van der Waals surface area contributed by atoms with Crippen LogP contribution in [0.2, 0.25) is 0 Å². The summed E-state index contributed by atoms with van der Waals surface area (Å²) in [6.07, 6.45) is 0. The van der Waals surface area contributed by atoms with Crippen molar-refractivity contribution in [2.75, 3.05) is 36.6 Å². The molecule has 0 amide bonds. The number of methoxy groups -OCH3 is 1. The lowest BCUT2D eigenvalue weighted by atomic mass is 10.3. The van der Waals surface area contributed by atoms with Gasteiger partial charge in [0, 0.05) is 49.2 Å². The number of anilines is 1. The van der Waals surface area contributed by atoms with Gasteiger partial charge in [0.1, 0.15) is 0 Å². The minimum atomic E-state index is 0.493. The van der Waals surface area contributed by atoms with Crippen molar-refractivity contribution in [2.24, 2.45) is 0 Å². The van der Waals surface area contributed by atoms with E-state index < -0.39 is 0 Å². The Kier molecular flexibility index (Phi) is 5.94. The minimum absolute atomic E-state index is 0.493. The number of hydrogen-bond donors (Lipinski definition) is 1. The molecule has 0 saturated carbocycles. The van der Waals surface area contributed by atoms with Crippen LogP contribution < -0.4 is 10.2 Å². The topological polar surface area (TPSA) is 37.4 Å². The molecule has 0 aliphatic carbocycles. The molecule has 0 bridgehead atoms. The van der Waals surface area contributed by atoms with Crippen LogP contribution in [0.5, 0.6) is 0 Å². The summed E-state index contributed by atoms with van der Waals surface area (Å²) in [5.41, 5.74) is 1.09. The second-order valence-corrected chi connectivity index (χ2v) is 7.22. The fraction of sp³-hybridized carbons (Fsp3) is 0.769. The number of nitrogens with zero attached hydrogens (tertiary/aromatic N) is 2. The molecule has 1 aliphatic heterocycles. The fourth-order valence-corrected chi connectivity index (χ4v) is 3.91. The van der Waals surface area contributed by atoms with Crippen molar-refractivity contribution in [3.05, 3.63) is 10.6 Å². The van der Waals surface area contributed by atoms with Crippen molar-refractivity contribution >= 4 is 28.2 Å². The van der Waals surface area contributed by atoms with Crippen LogP contribution in [0, 0.1) is 0 Å². The SMILES string of the molecule is COCc1nc(N2CCSCC2)sc1CNC(C)C. The third kappa shape index (κ3) is 4.34. The molecule has 1 aliphatic rings. The second-order valence-electron chi connectivity index (χ2n) is 4.93. The average Bonchev–Trinajstić information content (AvgIpc) is 2.81. The van der Waals surface area contributed by atoms with E-state index in [2.05, 4.69) is 24.1 Å². The van der Waals surface area contributed by atoms with E-state index >= 15 is 0 Å². The molecule has 2 rings (SSSR count). The number of ether oxygens (including phenoxy) is 1. The van der Waals surface area contributed by atoms with E-state index in [4.69, 9.17) is 9.72 Å². The summed E-state index contributed by atoms with van der Waals surface area (Å²) < 4.78 is 5.27. The van der Waals surface area contributed by atoms with Crippen molar-refractivity contribution in [3.8, 4) is 0 Å². The summed E-state index contributed by atoms with van der Waals surface area (Å²) in [7, 11) is 1.73. The van der Waals surface area contributed by atoms with Crippen LogP contribution in [-0.4, -0.2) is 42.7 Å². The summed E-state index contributed by atoms with van der Waals surface area (Å²) >= 11 is 3.84. The van der Waals surface area contributed by atoms with Crippen molar-refractivity contribution in [1.29, 1.82) is 0 Å². The molecule has 2 heterocycles. The van der Waals surface area contributed by atoms with E-state index in [0.717, 1.165) is 30.5 Å². The second kappa shape index (κ2) is 7.47. The first-order valence-corrected chi connectivity index (χ1v) is 8.71. The van der Waals surface area contributed by atoms with Crippen LogP contribution in [0.3, 0.4) is 0 Å². The highest BCUT2D eigenvalue weighted by molar-refractivity contribution is 7.99. The first kappa shape index (κ1) is 15.1. The van der Waals surface area contributed by atoms with Gasteiger partial charge in [-0.2, -0.15) is 11.8 Å². The van der Waals surface area contributed by atoms with Gasteiger partial charge in [0.15, 0.2) is 5.13 Å². The minimum Gasteiger partial charge on any atom is -0.378 e. The van der Waals surface area contributed by atoms with Crippen LogP contribution in [0.4, 0.5) is 5.13 Å². The standard InChI is InChI=1S/C13H23N3OS2/c1-10(2)14-8-12-11(9-17-3)15-13(19-12)16-4-6-18-7-5-16/h10,14H,4-9H2,1-3H3. The smallest absolute Gasteiger partial charge is 0.185 e. The average molecular weight is 301 g/mol. The van der Waals surface area contributed by atoms with Crippen molar-refractivity contribution < 1.29 is 4.74 Å². The molecule has 19 heavy (non-hydrogen) atoms. The third-order valence-corrected chi connectivity index (χ3v) is 5.10. The highest BCUT2D eigenvalue weighted by Crippen LogP contribution is 2.28. The van der Waals surface area contributed by atoms with Crippen LogP contribution in [0.1, 0.15) is 24.4 Å². The molecule has 1 fully saturated rings. The van der Waals surface area contributed by atoms with E-state index in [1.54, 1.807) is 7.11 Å². The zero-order valence-electron chi connectivity index (χ0n) is 11.9. The number of thioether (sulfide) groups is 1. The summed E-state index contributed by atoms with van der Waals surface area (Å²) in [4.78, 5) is 8.48. The monoisotopic (exact) mass is 301 g/mol. The fourth-order valence-electron chi connectivity index (χ4n) is 1.94. The Bertz CT molecular complexity index is 389. The molecule has 0 radical (unpaired) electrons. The Hall–Kier alpha value is -0.300. The number of hydrogen-bond acceptors (Lipinski definition) is 6. The molecule has 0 unspecified atom stereocenters. The van der Waals surface area contributed by atoms with Crippen LogP contribution in [0.15, 0.2) is 0 Å². The van der Waals surface area contributed by atoms with E-state index in [-0.39, 0.29) is 0 Å². The number of thiazole rings is 1. The Morgan fingerprint density at radius 1 is 1.37 bits per heavy atom. The highest BCUT2D eigenvalue weighted by Gasteiger charge is 2.18. The van der Waals surface area contributed by atoms with E-state index in [1.165, 1.54) is 16.4 Å². The molecule has 0 aromatic carbocycles. The van der Waals surface area contributed by atoms with Crippen LogP contribution >= 0.6 is 23.1 Å². The van der Waals surface area contributed by atoms with Gasteiger partial charge in [0.05, 0.1) is 12.3 Å². The molecule has 1 aromatic rings. The van der Waals surface area contributed by atoms with Crippen molar-refractivity contribution in [2.45, 2.75) is 33.0 Å². The predicted molar refractivity (Wildman–Crippen MR) is 84.3 cm³/mol. The molecule has 4 nitrogen and oxygen atoms in total. The highest BCUT2D eigenvalue weighted by atomic mass is 32.2. The maximum absolute atomic E-state index is 5.27.